The molecule has 0 aliphatic rings. The van der Waals surface area contributed by atoms with Gasteiger partial charge in [-0.25, -0.2) is 4.98 Å². The number of aryl methyl sites for hydroxylation is 1. The molecular formula is C15H12N2O2. The summed E-state index contributed by atoms with van der Waals surface area (Å²) in [5.41, 5.74) is 2.42. The molecule has 19 heavy (non-hydrogen) atoms. The molecule has 1 N–H and O–H groups in total. The largest absolute Gasteiger partial charge is 0.427 e. The average Bonchev–Trinajstić information content (AvgIpc) is 2.74. The van der Waals surface area contributed by atoms with E-state index in [4.69, 9.17) is 0 Å². The molecule has 0 saturated heterocycles. The SMILES string of the molecule is Cc1nc2cc(C(=O)c3ccccc3)ccc2n1O. The zero-order valence-corrected chi connectivity index (χ0v) is 10.4. The van der Waals surface area contributed by atoms with E-state index in [0.29, 0.717) is 28.0 Å². The average molecular weight is 252 g/mol. The highest BCUT2D eigenvalue weighted by Gasteiger charge is 2.12. The first-order chi connectivity index (χ1) is 9.16. The van der Waals surface area contributed by atoms with Crippen molar-refractivity contribution in [1.82, 2.24) is 9.71 Å². The summed E-state index contributed by atoms with van der Waals surface area (Å²) in [7, 11) is 0. The van der Waals surface area contributed by atoms with Crippen molar-refractivity contribution in [3.8, 4) is 0 Å². The molecule has 94 valence electrons. The molecule has 3 rings (SSSR count). The van der Waals surface area contributed by atoms with Gasteiger partial charge in [-0.05, 0) is 25.1 Å². The Kier molecular flexibility index (Phi) is 2.56. The fourth-order valence-corrected chi connectivity index (χ4v) is 2.09. The third kappa shape index (κ3) is 1.87. The molecule has 4 nitrogen and oxygen atoms in total. The summed E-state index contributed by atoms with van der Waals surface area (Å²) in [5, 5.41) is 9.71. The molecule has 0 amide bonds. The van der Waals surface area contributed by atoms with Crippen LogP contribution in [0.3, 0.4) is 0 Å². The van der Waals surface area contributed by atoms with Gasteiger partial charge >= 0.3 is 0 Å². The second-order valence-electron chi connectivity index (χ2n) is 4.37. The highest BCUT2D eigenvalue weighted by molar-refractivity contribution is 6.10. The predicted octanol–water partition coefficient (Wildman–Crippen LogP) is 2.81. The first kappa shape index (κ1) is 11.5. The van der Waals surface area contributed by atoms with Crippen molar-refractivity contribution >= 4 is 16.8 Å². The minimum Gasteiger partial charge on any atom is -0.427 e. The number of aromatic nitrogens is 2. The monoisotopic (exact) mass is 252 g/mol. The number of imidazole rings is 1. The Bertz CT molecular complexity index is 760. The van der Waals surface area contributed by atoms with Gasteiger partial charge in [0.1, 0.15) is 11.3 Å². The lowest BCUT2D eigenvalue weighted by molar-refractivity contribution is 0.103. The van der Waals surface area contributed by atoms with Crippen LogP contribution in [0.25, 0.3) is 11.0 Å². The summed E-state index contributed by atoms with van der Waals surface area (Å²) in [5.74, 6) is 0.451. The molecule has 0 spiro atoms. The Balaban J connectivity index is 2.09. The van der Waals surface area contributed by atoms with Gasteiger partial charge in [-0.1, -0.05) is 30.3 Å². The number of benzene rings is 2. The number of ketones is 1. The number of hydrogen-bond donors (Lipinski definition) is 1. The summed E-state index contributed by atoms with van der Waals surface area (Å²) >= 11 is 0. The van der Waals surface area contributed by atoms with E-state index in [2.05, 4.69) is 4.98 Å². The molecular weight excluding hydrogens is 240 g/mol. The van der Waals surface area contributed by atoms with E-state index in [0.717, 1.165) is 4.73 Å². The number of rotatable bonds is 2. The van der Waals surface area contributed by atoms with Crippen LogP contribution in [-0.4, -0.2) is 20.7 Å². The first-order valence-corrected chi connectivity index (χ1v) is 5.95. The Morgan fingerprint density at radius 2 is 1.84 bits per heavy atom. The second kappa shape index (κ2) is 4.24. The zero-order chi connectivity index (χ0) is 13.4. The van der Waals surface area contributed by atoms with E-state index in [9.17, 15) is 10.0 Å². The van der Waals surface area contributed by atoms with Crippen molar-refractivity contribution in [2.75, 3.05) is 0 Å². The van der Waals surface area contributed by atoms with E-state index in [-0.39, 0.29) is 5.78 Å². The number of fused-ring (bicyclic) bond motifs is 1. The second-order valence-corrected chi connectivity index (χ2v) is 4.37. The lowest BCUT2D eigenvalue weighted by atomic mass is 10.0. The summed E-state index contributed by atoms with van der Waals surface area (Å²) in [4.78, 5) is 16.5. The predicted molar refractivity (Wildman–Crippen MR) is 71.5 cm³/mol. The van der Waals surface area contributed by atoms with Gasteiger partial charge in [0.15, 0.2) is 5.78 Å². The van der Waals surface area contributed by atoms with Gasteiger partial charge in [0.2, 0.25) is 0 Å². The molecule has 0 radical (unpaired) electrons. The van der Waals surface area contributed by atoms with Crippen LogP contribution in [0.5, 0.6) is 0 Å². The molecule has 2 aromatic carbocycles. The molecule has 4 heteroatoms. The number of hydrogen-bond acceptors (Lipinski definition) is 3. The summed E-state index contributed by atoms with van der Waals surface area (Å²) < 4.78 is 1.02. The van der Waals surface area contributed by atoms with Crippen molar-refractivity contribution in [2.45, 2.75) is 6.92 Å². The van der Waals surface area contributed by atoms with Crippen LogP contribution >= 0.6 is 0 Å². The minimum atomic E-state index is -0.0485. The lowest BCUT2D eigenvalue weighted by Gasteiger charge is -2.01. The molecule has 1 heterocycles. The van der Waals surface area contributed by atoms with Crippen LogP contribution in [0.4, 0.5) is 0 Å². The summed E-state index contributed by atoms with van der Waals surface area (Å²) in [6.07, 6.45) is 0. The molecule has 0 aliphatic carbocycles. The van der Waals surface area contributed by atoms with Gasteiger partial charge in [0.05, 0.1) is 5.52 Å². The number of carbonyl (C=O) groups is 1. The van der Waals surface area contributed by atoms with E-state index in [1.165, 1.54) is 0 Å². The first-order valence-electron chi connectivity index (χ1n) is 5.95. The molecule has 0 atom stereocenters. The van der Waals surface area contributed by atoms with Crippen molar-refractivity contribution in [3.05, 3.63) is 65.5 Å². The fraction of sp³-hybridized carbons (Fsp3) is 0.0667. The fourth-order valence-electron chi connectivity index (χ4n) is 2.09. The molecule has 0 saturated carbocycles. The Morgan fingerprint density at radius 1 is 1.11 bits per heavy atom. The standard InChI is InChI=1S/C15H12N2O2/c1-10-16-13-9-12(7-8-14(13)17(10)19)15(18)11-5-3-2-4-6-11/h2-9,19H,1H3. The third-order valence-corrected chi connectivity index (χ3v) is 3.09. The summed E-state index contributed by atoms with van der Waals surface area (Å²) in [6.45, 7) is 1.71. The number of carbonyl (C=O) groups excluding carboxylic acids is 1. The Morgan fingerprint density at radius 3 is 2.58 bits per heavy atom. The lowest BCUT2D eigenvalue weighted by Crippen LogP contribution is -2.00. The normalized spacial score (nSPS) is 10.8. The van der Waals surface area contributed by atoms with Gasteiger partial charge < -0.3 is 5.21 Å². The maximum Gasteiger partial charge on any atom is 0.193 e. The third-order valence-electron chi connectivity index (χ3n) is 3.09. The van der Waals surface area contributed by atoms with Crippen LogP contribution in [0.2, 0.25) is 0 Å². The molecule has 0 bridgehead atoms. The highest BCUT2D eigenvalue weighted by atomic mass is 16.5. The smallest absolute Gasteiger partial charge is 0.193 e. The maximum atomic E-state index is 12.3. The molecule has 3 aromatic rings. The van der Waals surface area contributed by atoms with Crippen LogP contribution in [0.15, 0.2) is 48.5 Å². The van der Waals surface area contributed by atoms with Crippen LogP contribution in [0.1, 0.15) is 21.7 Å². The van der Waals surface area contributed by atoms with E-state index in [1.807, 2.05) is 18.2 Å². The zero-order valence-electron chi connectivity index (χ0n) is 10.4. The highest BCUT2D eigenvalue weighted by Crippen LogP contribution is 2.18. The van der Waals surface area contributed by atoms with E-state index >= 15 is 0 Å². The topological polar surface area (TPSA) is 55.1 Å². The van der Waals surface area contributed by atoms with E-state index < -0.39 is 0 Å². The van der Waals surface area contributed by atoms with E-state index in [1.54, 1.807) is 37.3 Å². The Labute approximate surface area is 109 Å². The molecule has 1 aromatic heterocycles. The maximum absolute atomic E-state index is 12.3. The Hall–Kier alpha value is -2.62. The molecule has 0 unspecified atom stereocenters. The van der Waals surface area contributed by atoms with Crippen LogP contribution < -0.4 is 0 Å². The van der Waals surface area contributed by atoms with Crippen molar-refractivity contribution in [1.29, 1.82) is 0 Å². The van der Waals surface area contributed by atoms with Crippen LogP contribution in [-0.2, 0) is 0 Å². The quantitative estimate of drug-likeness (QED) is 0.563. The summed E-state index contributed by atoms with van der Waals surface area (Å²) in [6, 6.07) is 14.2. The molecule has 0 aliphatic heterocycles. The minimum absolute atomic E-state index is 0.0485. The van der Waals surface area contributed by atoms with Crippen molar-refractivity contribution in [2.24, 2.45) is 0 Å². The van der Waals surface area contributed by atoms with Crippen molar-refractivity contribution in [3.63, 3.8) is 0 Å². The van der Waals surface area contributed by atoms with Gasteiger partial charge in [-0.3, -0.25) is 4.79 Å². The van der Waals surface area contributed by atoms with Gasteiger partial charge in [0, 0.05) is 11.1 Å². The van der Waals surface area contributed by atoms with Crippen molar-refractivity contribution < 1.29 is 10.0 Å². The molecule has 0 fully saturated rings. The van der Waals surface area contributed by atoms with Crippen LogP contribution in [0, 0.1) is 6.92 Å². The van der Waals surface area contributed by atoms with Gasteiger partial charge in [0.25, 0.3) is 0 Å². The van der Waals surface area contributed by atoms with Gasteiger partial charge in [-0.15, -0.1) is 0 Å². The number of nitrogens with zero attached hydrogens (tertiary/aromatic N) is 2. The van der Waals surface area contributed by atoms with Gasteiger partial charge in [-0.2, -0.15) is 4.73 Å².